The smallest absolute Gasteiger partial charge is 0.325 e. The molecule has 0 atom stereocenters. The van der Waals surface area contributed by atoms with Crippen molar-refractivity contribution in [1.29, 1.82) is 0 Å². The lowest BCUT2D eigenvalue weighted by Crippen LogP contribution is -2.40. The van der Waals surface area contributed by atoms with Gasteiger partial charge in [-0.1, -0.05) is 168 Å². The second-order valence-electron chi connectivity index (χ2n) is 15.6. The van der Waals surface area contributed by atoms with Crippen molar-refractivity contribution in [3.63, 3.8) is 0 Å². The highest BCUT2D eigenvalue weighted by Crippen LogP contribution is 2.20. The molecule has 0 radical (unpaired) electrons. The third kappa shape index (κ3) is 33.3. The monoisotopic (exact) mass is 755 g/mol. The molecule has 8 heteroatoms. The number of hydrogen-bond donors (Lipinski definition) is 0. The van der Waals surface area contributed by atoms with Crippen molar-refractivity contribution < 1.29 is 23.9 Å². The van der Waals surface area contributed by atoms with Gasteiger partial charge >= 0.3 is 11.9 Å². The summed E-state index contributed by atoms with van der Waals surface area (Å²) in [5.74, 6) is -0.185. The molecule has 308 valence electrons. The summed E-state index contributed by atoms with van der Waals surface area (Å²) in [6, 6.07) is 0. The molecule has 0 aliphatic carbocycles. The van der Waals surface area contributed by atoms with Gasteiger partial charge in [-0.05, 0) is 78.4 Å². The maximum Gasteiger partial charge on any atom is 0.325 e. The second kappa shape index (κ2) is 38.0. The first kappa shape index (κ1) is 50.7. The molecule has 0 rings (SSSR count). The van der Waals surface area contributed by atoms with Gasteiger partial charge in [0.25, 0.3) is 5.24 Å². The Bertz CT molecular complexity index is 742. The molecule has 0 heterocycles. The zero-order chi connectivity index (χ0) is 38.5. The second-order valence-corrected chi connectivity index (χ2v) is 16.6. The van der Waals surface area contributed by atoms with Crippen molar-refractivity contribution in [2.45, 2.75) is 226 Å². The van der Waals surface area contributed by atoms with Crippen molar-refractivity contribution in [2.24, 2.45) is 0 Å². The summed E-state index contributed by atoms with van der Waals surface area (Å²) in [5, 5.41) is -0.251. The van der Waals surface area contributed by atoms with Gasteiger partial charge in [-0.2, -0.15) is 0 Å². The highest BCUT2D eigenvalue weighted by Gasteiger charge is 2.25. The Hall–Kier alpha value is -1.28. The van der Waals surface area contributed by atoms with Gasteiger partial charge in [-0.25, -0.2) is 0 Å². The molecule has 0 aromatic heterocycles. The van der Waals surface area contributed by atoms with E-state index in [0.29, 0.717) is 5.75 Å². The standard InChI is InChI=1S/C44H86N2O5S/c1-7-11-15-19-23-27-32-40(33-28-24-20-16-12-8-2)50-42(47)38-46(44(49)52-37-31-36-45(5)6)39-43(48)51-41(34-29-25-21-17-13-9-3)35-30-26-22-18-14-10-4/h40-41H,7-39H2,1-6H3. The number of unbranched alkanes of at least 4 members (excludes halogenated alkanes) is 20. The van der Waals surface area contributed by atoms with Crippen molar-refractivity contribution in [3.05, 3.63) is 0 Å². The quantitative estimate of drug-likeness (QED) is 0.0459. The van der Waals surface area contributed by atoms with E-state index in [9.17, 15) is 14.4 Å². The fourth-order valence-corrected chi connectivity index (χ4v) is 7.47. The van der Waals surface area contributed by atoms with Gasteiger partial charge < -0.3 is 19.3 Å². The van der Waals surface area contributed by atoms with Crippen molar-refractivity contribution in [2.75, 3.05) is 39.5 Å². The highest BCUT2D eigenvalue weighted by atomic mass is 32.2. The zero-order valence-corrected chi connectivity index (χ0v) is 36.1. The van der Waals surface area contributed by atoms with Crippen LogP contribution in [0.2, 0.25) is 0 Å². The van der Waals surface area contributed by atoms with Crippen LogP contribution in [0.15, 0.2) is 0 Å². The molecule has 1 amide bonds. The fourth-order valence-electron chi connectivity index (χ4n) is 6.71. The minimum atomic E-state index is -0.410. The predicted octanol–water partition coefficient (Wildman–Crippen LogP) is 12.9. The molecule has 0 saturated heterocycles. The van der Waals surface area contributed by atoms with Crippen LogP contribution >= 0.6 is 11.8 Å². The lowest BCUT2D eigenvalue weighted by molar-refractivity contribution is -0.153. The summed E-state index contributed by atoms with van der Waals surface area (Å²) in [4.78, 5) is 43.9. The molecule has 0 aromatic carbocycles. The van der Waals surface area contributed by atoms with Gasteiger partial charge in [0.1, 0.15) is 25.3 Å². The molecule has 0 saturated carbocycles. The number of hydrogen-bond acceptors (Lipinski definition) is 7. The van der Waals surface area contributed by atoms with Crippen LogP contribution in [0.1, 0.15) is 214 Å². The molecule has 0 N–H and O–H groups in total. The van der Waals surface area contributed by atoms with E-state index in [1.54, 1.807) is 0 Å². The first-order chi connectivity index (χ1) is 25.3. The molecule has 0 fully saturated rings. The lowest BCUT2D eigenvalue weighted by atomic mass is 10.0. The third-order valence-electron chi connectivity index (χ3n) is 9.99. The van der Waals surface area contributed by atoms with E-state index < -0.39 is 11.9 Å². The van der Waals surface area contributed by atoms with Crippen LogP contribution in [0.4, 0.5) is 4.79 Å². The molecule has 0 unspecified atom stereocenters. The average molecular weight is 755 g/mol. The first-order valence-electron chi connectivity index (χ1n) is 22.2. The molecule has 0 aromatic rings. The molecule has 0 spiro atoms. The van der Waals surface area contributed by atoms with E-state index in [0.717, 1.165) is 90.0 Å². The van der Waals surface area contributed by atoms with Gasteiger partial charge in [-0.3, -0.25) is 14.4 Å². The topological polar surface area (TPSA) is 76.1 Å². The van der Waals surface area contributed by atoms with Crippen LogP contribution in [0.5, 0.6) is 0 Å². The lowest BCUT2D eigenvalue weighted by Gasteiger charge is -2.25. The van der Waals surface area contributed by atoms with Crippen molar-refractivity contribution >= 4 is 28.9 Å². The maximum absolute atomic E-state index is 13.5. The van der Waals surface area contributed by atoms with Gasteiger partial charge in [0.05, 0.1) is 0 Å². The minimum Gasteiger partial charge on any atom is -0.461 e. The van der Waals surface area contributed by atoms with E-state index in [1.165, 1.54) is 119 Å². The van der Waals surface area contributed by atoms with Crippen LogP contribution in [-0.2, 0) is 19.1 Å². The Morgan fingerprint density at radius 2 is 0.769 bits per heavy atom. The van der Waals surface area contributed by atoms with Gasteiger partial charge in [-0.15, -0.1) is 0 Å². The number of esters is 2. The highest BCUT2D eigenvalue weighted by molar-refractivity contribution is 8.13. The van der Waals surface area contributed by atoms with Gasteiger partial charge in [0.15, 0.2) is 0 Å². The number of carbonyl (C=O) groups excluding carboxylic acids is 3. The van der Waals surface area contributed by atoms with E-state index >= 15 is 0 Å². The predicted molar refractivity (Wildman–Crippen MR) is 224 cm³/mol. The number of ether oxygens (including phenoxy) is 2. The van der Waals surface area contributed by atoms with Crippen LogP contribution in [0.25, 0.3) is 0 Å². The fraction of sp³-hybridized carbons (Fsp3) is 0.932. The summed E-state index contributed by atoms with van der Waals surface area (Å²) in [6.45, 7) is 9.39. The van der Waals surface area contributed by atoms with Crippen LogP contribution in [0.3, 0.4) is 0 Å². The van der Waals surface area contributed by atoms with E-state index in [1.807, 2.05) is 14.1 Å². The summed E-state index contributed by atoms with van der Waals surface area (Å²) < 4.78 is 12.2. The van der Waals surface area contributed by atoms with E-state index in [-0.39, 0.29) is 30.5 Å². The Morgan fingerprint density at radius 3 is 1.08 bits per heavy atom. The minimum absolute atomic E-state index is 0.138. The van der Waals surface area contributed by atoms with Crippen molar-refractivity contribution in [1.82, 2.24) is 9.80 Å². The van der Waals surface area contributed by atoms with E-state index in [4.69, 9.17) is 9.47 Å². The molecule has 0 aliphatic rings. The number of nitrogens with zero attached hydrogens (tertiary/aromatic N) is 2. The number of carbonyl (C=O) groups is 3. The average Bonchev–Trinajstić information content (AvgIpc) is 3.11. The molecular weight excluding hydrogens is 669 g/mol. The third-order valence-corrected chi connectivity index (χ3v) is 11.0. The molecular formula is C44H86N2O5S. The van der Waals surface area contributed by atoms with Gasteiger partial charge in [0.2, 0.25) is 0 Å². The summed E-state index contributed by atoms with van der Waals surface area (Å²) in [6.07, 6.45) is 32.8. The zero-order valence-electron chi connectivity index (χ0n) is 35.3. The normalized spacial score (nSPS) is 11.6. The SMILES string of the molecule is CCCCCCCCC(CCCCCCCC)OC(=O)CN(CC(=O)OC(CCCCCCCC)CCCCCCCC)C(=O)SCCCN(C)C. The Labute approximate surface area is 327 Å². The first-order valence-corrected chi connectivity index (χ1v) is 23.2. The number of thioether (sulfide) groups is 1. The Balaban J connectivity index is 5.49. The van der Waals surface area contributed by atoms with Crippen LogP contribution in [0, 0.1) is 0 Å². The summed E-state index contributed by atoms with van der Waals surface area (Å²) in [5.41, 5.74) is 0. The summed E-state index contributed by atoms with van der Waals surface area (Å²) >= 11 is 1.19. The Morgan fingerprint density at radius 1 is 0.462 bits per heavy atom. The molecule has 7 nitrogen and oxygen atoms in total. The summed E-state index contributed by atoms with van der Waals surface area (Å²) in [7, 11) is 4.04. The van der Waals surface area contributed by atoms with Crippen LogP contribution < -0.4 is 0 Å². The maximum atomic E-state index is 13.5. The molecule has 0 bridgehead atoms. The van der Waals surface area contributed by atoms with Gasteiger partial charge in [0, 0.05) is 5.75 Å². The largest absolute Gasteiger partial charge is 0.461 e. The number of amides is 1. The molecule has 52 heavy (non-hydrogen) atoms. The molecule has 0 aliphatic heterocycles. The van der Waals surface area contributed by atoms with E-state index in [2.05, 4.69) is 32.6 Å². The number of rotatable bonds is 38. The van der Waals surface area contributed by atoms with Crippen LogP contribution in [-0.4, -0.2) is 78.7 Å². The Kier molecular flexibility index (Phi) is 37.1. The van der Waals surface area contributed by atoms with Crippen molar-refractivity contribution in [3.8, 4) is 0 Å².